The molecule has 0 fully saturated rings. The topological polar surface area (TPSA) is 116 Å². The number of rotatable bonds is 11. The fourth-order valence-corrected chi connectivity index (χ4v) is 4.09. The van der Waals surface area contributed by atoms with E-state index in [-0.39, 0.29) is 10.1 Å². The molecule has 0 saturated carbocycles. The molecule has 190 valence electrons. The van der Waals surface area contributed by atoms with Gasteiger partial charge in [-0.2, -0.15) is 0 Å². The predicted molar refractivity (Wildman–Crippen MR) is 140 cm³/mol. The zero-order chi connectivity index (χ0) is 26.2. The smallest absolute Gasteiger partial charge is 0.342 e. The summed E-state index contributed by atoms with van der Waals surface area (Å²) >= 11 is 0.926. The van der Waals surface area contributed by atoms with Crippen LogP contribution in [0.1, 0.15) is 11.1 Å². The maximum Gasteiger partial charge on any atom is 0.342 e. The number of aromatic nitrogens is 3. The summed E-state index contributed by atoms with van der Waals surface area (Å²) in [5.41, 5.74) is 2.34. The van der Waals surface area contributed by atoms with E-state index < -0.39 is 5.97 Å². The van der Waals surface area contributed by atoms with Gasteiger partial charge < -0.3 is 24.1 Å². The Hall–Kier alpha value is -4.44. The van der Waals surface area contributed by atoms with Gasteiger partial charge in [0.15, 0.2) is 17.3 Å². The van der Waals surface area contributed by atoms with Crippen LogP contribution in [0.4, 0.5) is 0 Å². The van der Waals surface area contributed by atoms with Crippen LogP contribution in [0, 0.1) is 0 Å². The lowest BCUT2D eigenvalue weighted by Crippen LogP contribution is -1.99. The van der Waals surface area contributed by atoms with Crippen LogP contribution in [0.5, 0.6) is 23.0 Å². The molecule has 1 aromatic heterocycles. The van der Waals surface area contributed by atoms with Crippen molar-refractivity contribution in [1.82, 2.24) is 15.2 Å². The van der Waals surface area contributed by atoms with E-state index in [1.807, 2.05) is 30.3 Å². The van der Waals surface area contributed by atoms with Crippen molar-refractivity contribution >= 4 is 23.8 Å². The number of carboxylic acid groups (broad SMARTS) is 1. The largest absolute Gasteiger partial charge is 0.497 e. The molecule has 10 heteroatoms. The molecule has 37 heavy (non-hydrogen) atoms. The third-order valence-electron chi connectivity index (χ3n) is 5.22. The minimum Gasteiger partial charge on any atom is -0.497 e. The van der Waals surface area contributed by atoms with Crippen molar-refractivity contribution < 1.29 is 28.8 Å². The maximum absolute atomic E-state index is 12.0. The van der Waals surface area contributed by atoms with Gasteiger partial charge in [0.25, 0.3) is 0 Å². The highest BCUT2D eigenvalue weighted by Gasteiger charge is 2.16. The molecule has 0 aliphatic heterocycles. The Kier molecular flexibility index (Phi) is 8.32. The Morgan fingerprint density at radius 3 is 2.32 bits per heavy atom. The van der Waals surface area contributed by atoms with Gasteiger partial charge in [-0.1, -0.05) is 36.4 Å². The molecule has 9 nitrogen and oxygen atoms in total. The third kappa shape index (κ3) is 6.62. The number of hydrogen-bond acceptors (Lipinski definition) is 8. The van der Waals surface area contributed by atoms with E-state index in [2.05, 4.69) is 15.2 Å². The van der Waals surface area contributed by atoms with E-state index in [4.69, 9.17) is 18.9 Å². The van der Waals surface area contributed by atoms with Gasteiger partial charge in [-0.25, -0.2) is 9.78 Å². The Bertz CT molecular complexity index is 1380. The number of methoxy groups -OCH3 is 3. The highest BCUT2D eigenvalue weighted by molar-refractivity contribution is 8.04. The number of H-pyrrole nitrogens is 1. The summed E-state index contributed by atoms with van der Waals surface area (Å²) in [4.78, 5) is 16.5. The number of carboxylic acids is 1. The number of hydrogen-bond donors (Lipinski definition) is 2. The molecule has 0 atom stereocenters. The molecule has 0 aliphatic carbocycles. The van der Waals surface area contributed by atoms with Crippen LogP contribution >= 0.6 is 11.8 Å². The summed E-state index contributed by atoms with van der Waals surface area (Å²) in [6, 6.07) is 20.3. The van der Waals surface area contributed by atoms with Crippen molar-refractivity contribution in [1.29, 1.82) is 0 Å². The van der Waals surface area contributed by atoms with Gasteiger partial charge in [0, 0.05) is 11.6 Å². The quantitative estimate of drug-likeness (QED) is 0.201. The molecule has 0 unspecified atom stereocenters. The Labute approximate surface area is 218 Å². The lowest BCUT2D eigenvalue weighted by Gasteiger charge is -2.11. The fraction of sp³-hybridized carbons (Fsp3) is 0.148. The van der Waals surface area contributed by atoms with Gasteiger partial charge in [0.1, 0.15) is 23.0 Å². The molecule has 0 bridgehead atoms. The molecule has 4 aromatic rings. The molecular weight excluding hydrogens is 494 g/mol. The van der Waals surface area contributed by atoms with E-state index in [1.54, 1.807) is 50.6 Å². The first-order valence-corrected chi connectivity index (χ1v) is 11.9. The third-order valence-corrected chi connectivity index (χ3v) is 6.10. The second-order valence-electron chi connectivity index (χ2n) is 7.67. The fourth-order valence-electron chi connectivity index (χ4n) is 3.38. The predicted octanol–water partition coefficient (Wildman–Crippen LogP) is 5.29. The number of thioether (sulfide) groups is 1. The summed E-state index contributed by atoms with van der Waals surface area (Å²) in [5.74, 6) is 1.58. The summed E-state index contributed by atoms with van der Waals surface area (Å²) in [6.07, 6.45) is 1.53. The van der Waals surface area contributed by atoms with Crippen molar-refractivity contribution in [3.05, 3.63) is 82.8 Å². The van der Waals surface area contributed by atoms with Gasteiger partial charge in [-0.15, -0.1) is 5.10 Å². The molecule has 0 radical (unpaired) electrons. The minimum absolute atomic E-state index is 0.0359. The molecule has 0 spiro atoms. The molecule has 3 aromatic carbocycles. The lowest BCUT2D eigenvalue weighted by atomic mass is 10.2. The first-order chi connectivity index (χ1) is 18.0. The number of benzene rings is 3. The van der Waals surface area contributed by atoms with Crippen LogP contribution in [-0.2, 0) is 11.4 Å². The number of carbonyl (C=O) groups is 1. The Morgan fingerprint density at radius 2 is 1.68 bits per heavy atom. The van der Waals surface area contributed by atoms with Crippen LogP contribution in [0.3, 0.4) is 0 Å². The normalized spacial score (nSPS) is 11.2. The number of nitrogens with one attached hydrogen (secondary N) is 1. The van der Waals surface area contributed by atoms with E-state index in [1.165, 1.54) is 13.2 Å². The van der Waals surface area contributed by atoms with E-state index >= 15 is 0 Å². The molecule has 4 rings (SSSR count). The maximum atomic E-state index is 12.0. The number of aliphatic carboxylic acids is 1. The van der Waals surface area contributed by atoms with Crippen molar-refractivity contribution in [2.75, 3.05) is 21.3 Å². The van der Waals surface area contributed by atoms with E-state index in [9.17, 15) is 9.90 Å². The number of nitrogens with zero attached hydrogens (tertiary/aromatic N) is 2. The number of ether oxygens (including phenoxy) is 4. The Morgan fingerprint density at radius 1 is 0.946 bits per heavy atom. The number of aromatic amines is 1. The molecule has 2 N–H and O–H groups in total. The average molecular weight is 520 g/mol. The zero-order valence-electron chi connectivity index (χ0n) is 20.4. The van der Waals surface area contributed by atoms with E-state index in [0.29, 0.717) is 46.6 Å². The highest BCUT2D eigenvalue weighted by Crippen LogP contribution is 2.33. The monoisotopic (exact) mass is 519 g/mol. The summed E-state index contributed by atoms with van der Waals surface area (Å²) < 4.78 is 22.0. The van der Waals surface area contributed by atoms with Crippen molar-refractivity contribution in [2.24, 2.45) is 0 Å². The summed E-state index contributed by atoms with van der Waals surface area (Å²) in [7, 11) is 4.65. The van der Waals surface area contributed by atoms with Crippen molar-refractivity contribution in [3.63, 3.8) is 0 Å². The second-order valence-corrected chi connectivity index (χ2v) is 8.68. The van der Waals surface area contributed by atoms with Crippen LogP contribution in [0.2, 0.25) is 0 Å². The van der Waals surface area contributed by atoms with Crippen molar-refractivity contribution in [2.45, 2.75) is 11.8 Å². The molecule has 0 aliphatic rings. The van der Waals surface area contributed by atoms with Gasteiger partial charge >= 0.3 is 5.97 Å². The van der Waals surface area contributed by atoms with Crippen LogP contribution < -0.4 is 18.9 Å². The van der Waals surface area contributed by atoms with Crippen LogP contribution in [-0.4, -0.2) is 47.6 Å². The second kappa shape index (κ2) is 12.0. The van der Waals surface area contributed by atoms with Crippen molar-refractivity contribution in [3.8, 4) is 34.4 Å². The molecule has 0 saturated heterocycles. The molecular formula is C27H25N3O6S. The first-order valence-electron chi connectivity index (χ1n) is 11.1. The van der Waals surface area contributed by atoms with E-state index in [0.717, 1.165) is 17.3 Å². The minimum atomic E-state index is -1.11. The van der Waals surface area contributed by atoms with Gasteiger partial charge in [0.2, 0.25) is 5.16 Å². The molecule has 1 heterocycles. The lowest BCUT2D eigenvalue weighted by molar-refractivity contribution is -0.131. The molecule has 0 amide bonds. The SMILES string of the molecule is COc1cc(OC)cc(-c2nc(S/C(=C\c3ccc(OCc4ccccc4)c(OC)c3)C(=O)O)n[nH]2)c1. The van der Waals surface area contributed by atoms with Gasteiger partial charge in [-0.3, -0.25) is 5.10 Å². The Balaban J connectivity index is 1.53. The standard InChI is InChI=1S/C27H25N3O6S/c1-33-20-13-19(14-21(15-20)34-2)25-28-27(30-29-25)37-24(26(31)32)12-18-9-10-22(23(11-18)35-3)36-16-17-7-5-4-6-8-17/h4-15H,16H2,1-3H3,(H,31,32)(H,28,29,30)/b24-12-. The van der Waals surface area contributed by atoms with Crippen LogP contribution in [0.15, 0.2) is 76.8 Å². The van der Waals surface area contributed by atoms with Gasteiger partial charge in [0.05, 0.1) is 21.3 Å². The summed E-state index contributed by atoms with van der Waals surface area (Å²) in [5, 5.41) is 17.1. The average Bonchev–Trinajstić information content (AvgIpc) is 3.40. The first kappa shape index (κ1) is 25.6. The highest BCUT2D eigenvalue weighted by atomic mass is 32.2. The zero-order valence-corrected chi connectivity index (χ0v) is 21.2. The summed E-state index contributed by atoms with van der Waals surface area (Å²) in [6.45, 7) is 0.384. The van der Waals surface area contributed by atoms with Crippen LogP contribution in [0.25, 0.3) is 17.5 Å². The van der Waals surface area contributed by atoms with Gasteiger partial charge in [-0.05, 0) is 53.2 Å².